The number of imidazole rings is 1. The molecular formula is C22H24N8O. The lowest BCUT2D eigenvalue weighted by molar-refractivity contribution is 0.632. The molecule has 0 unspecified atom stereocenters. The first kappa shape index (κ1) is 20.4. The molecule has 0 bridgehead atoms. The predicted molar refractivity (Wildman–Crippen MR) is 123 cm³/mol. The lowest BCUT2D eigenvalue weighted by Gasteiger charge is -2.17. The number of pyridine rings is 1. The van der Waals surface area contributed by atoms with E-state index in [1.807, 2.05) is 46.8 Å². The standard InChI is InChI=1S/C22H24N8O/c1-3-4-10-29-19-18(27-22(29)28(2)11-9-23)13-25-30(21(19)31)14-16-12-15-7-5-6-8-17(15)20(24)26-16/h5-8,12-13H,9-11,14,23H2,1-2H3,(H2,24,26). The number of likely N-dealkylation sites (N-methyl/N-ethyl adjacent to an activating group) is 1. The Bertz CT molecular complexity index is 1380. The summed E-state index contributed by atoms with van der Waals surface area (Å²) in [5.74, 6) is 6.96. The van der Waals surface area contributed by atoms with E-state index >= 15 is 0 Å². The number of rotatable bonds is 6. The van der Waals surface area contributed by atoms with Gasteiger partial charge in [-0.15, -0.1) is 5.92 Å². The molecular weight excluding hydrogens is 392 g/mol. The molecule has 0 radical (unpaired) electrons. The zero-order valence-electron chi connectivity index (χ0n) is 17.5. The highest BCUT2D eigenvalue weighted by Crippen LogP contribution is 2.21. The largest absolute Gasteiger partial charge is 0.383 e. The summed E-state index contributed by atoms with van der Waals surface area (Å²) in [5.41, 5.74) is 13.2. The van der Waals surface area contributed by atoms with Gasteiger partial charge in [-0.25, -0.2) is 14.6 Å². The average Bonchev–Trinajstić information content (AvgIpc) is 3.14. The fourth-order valence-electron chi connectivity index (χ4n) is 3.60. The first-order valence-corrected chi connectivity index (χ1v) is 9.94. The van der Waals surface area contributed by atoms with E-state index in [2.05, 4.69) is 26.9 Å². The van der Waals surface area contributed by atoms with Crippen LogP contribution in [0.4, 0.5) is 11.8 Å². The second-order valence-electron chi connectivity index (χ2n) is 7.20. The highest BCUT2D eigenvalue weighted by atomic mass is 16.1. The van der Waals surface area contributed by atoms with Crippen LogP contribution in [-0.2, 0) is 13.1 Å². The molecule has 1 aromatic carbocycles. The van der Waals surface area contributed by atoms with Crippen LogP contribution in [0.1, 0.15) is 12.6 Å². The van der Waals surface area contributed by atoms with Gasteiger partial charge in [0, 0.05) is 25.5 Å². The molecule has 0 spiro atoms. The molecule has 31 heavy (non-hydrogen) atoms. The Balaban J connectivity index is 1.81. The molecule has 3 aromatic heterocycles. The van der Waals surface area contributed by atoms with Gasteiger partial charge in [-0.3, -0.25) is 9.36 Å². The number of hydrogen-bond donors (Lipinski definition) is 2. The van der Waals surface area contributed by atoms with Crippen molar-refractivity contribution in [3.05, 3.63) is 52.6 Å². The van der Waals surface area contributed by atoms with Crippen LogP contribution in [0.2, 0.25) is 0 Å². The molecule has 3 heterocycles. The third-order valence-corrected chi connectivity index (χ3v) is 5.09. The number of nitrogens with two attached hydrogens (primary N) is 2. The van der Waals surface area contributed by atoms with Gasteiger partial charge in [-0.05, 0) is 18.4 Å². The highest BCUT2D eigenvalue weighted by molar-refractivity contribution is 5.91. The maximum atomic E-state index is 13.3. The number of nitrogens with zero attached hydrogens (tertiary/aromatic N) is 6. The Morgan fingerprint density at radius 3 is 2.81 bits per heavy atom. The van der Waals surface area contributed by atoms with Crippen LogP contribution >= 0.6 is 0 Å². The number of aromatic nitrogens is 5. The molecule has 0 atom stereocenters. The SMILES string of the molecule is CC#CCn1c(N(C)CCN)nc2cnn(Cc3cc4ccccc4c(N)n3)c(=O)c21. The van der Waals surface area contributed by atoms with Gasteiger partial charge in [0.1, 0.15) is 16.9 Å². The Labute approximate surface area is 179 Å². The fraction of sp³-hybridized carbons (Fsp3) is 0.273. The molecule has 0 aliphatic rings. The van der Waals surface area contributed by atoms with Crippen LogP contribution in [-0.4, -0.2) is 44.5 Å². The van der Waals surface area contributed by atoms with Crippen molar-refractivity contribution in [3.8, 4) is 11.8 Å². The van der Waals surface area contributed by atoms with Crippen LogP contribution in [0.25, 0.3) is 21.8 Å². The molecule has 0 fully saturated rings. The summed E-state index contributed by atoms with van der Waals surface area (Å²) in [5, 5.41) is 6.17. The summed E-state index contributed by atoms with van der Waals surface area (Å²) < 4.78 is 3.19. The van der Waals surface area contributed by atoms with Crippen molar-refractivity contribution in [2.45, 2.75) is 20.0 Å². The van der Waals surface area contributed by atoms with E-state index in [1.165, 1.54) is 4.68 Å². The molecule has 4 aromatic rings. The fourth-order valence-corrected chi connectivity index (χ4v) is 3.60. The van der Waals surface area contributed by atoms with Gasteiger partial charge in [0.15, 0.2) is 0 Å². The molecule has 0 aliphatic heterocycles. The number of fused-ring (bicyclic) bond motifs is 2. The van der Waals surface area contributed by atoms with Crippen LogP contribution in [0.15, 0.2) is 41.3 Å². The molecule has 0 aliphatic carbocycles. The lowest BCUT2D eigenvalue weighted by Crippen LogP contribution is -2.29. The van der Waals surface area contributed by atoms with E-state index < -0.39 is 0 Å². The Kier molecular flexibility index (Phi) is 5.56. The van der Waals surface area contributed by atoms with Crippen LogP contribution in [0, 0.1) is 11.8 Å². The maximum absolute atomic E-state index is 13.3. The second-order valence-corrected chi connectivity index (χ2v) is 7.20. The van der Waals surface area contributed by atoms with Gasteiger partial charge in [-0.1, -0.05) is 30.2 Å². The van der Waals surface area contributed by atoms with Gasteiger partial charge in [-0.2, -0.15) is 5.10 Å². The van der Waals surface area contributed by atoms with E-state index in [0.717, 1.165) is 10.8 Å². The quantitative estimate of drug-likeness (QED) is 0.453. The second kappa shape index (κ2) is 8.45. The minimum atomic E-state index is -0.260. The molecule has 0 saturated heterocycles. The van der Waals surface area contributed by atoms with Crippen LogP contribution in [0.3, 0.4) is 0 Å². The van der Waals surface area contributed by atoms with Crippen LogP contribution < -0.4 is 21.9 Å². The van der Waals surface area contributed by atoms with Gasteiger partial charge < -0.3 is 16.4 Å². The van der Waals surface area contributed by atoms with E-state index in [1.54, 1.807) is 13.1 Å². The summed E-state index contributed by atoms with van der Waals surface area (Å²) >= 11 is 0. The molecule has 0 saturated carbocycles. The topological polar surface area (TPSA) is 121 Å². The number of benzene rings is 1. The van der Waals surface area contributed by atoms with Crippen molar-refractivity contribution in [3.63, 3.8) is 0 Å². The van der Waals surface area contributed by atoms with Gasteiger partial charge in [0.2, 0.25) is 5.95 Å². The van der Waals surface area contributed by atoms with Crippen molar-refractivity contribution in [1.82, 2.24) is 24.3 Å². The van der Waals surface area contributed by atoms with E-state index in [0.29, 0.717) is 48.1 Å². The predicted octanol–water partition coefficient (Wildman–Crippen LogP) is 1.19. The summed E-state index contributed by atoms with van der Waals surface area (Å²) in [6.07, 6.45) is 1.59. The molecule has 4 N–H and O–H groups in total. The average molecular weight is 416 g/mol. The summed E-state index contributed by atoms with van der Waals surface area (Å²) in [4.78, 5) is 24.3. The Morgan fingerprint density at radius 2 is 2.03 bits per heavy atom. The molecule has 9 heteroatoms. The Morgan fingerprint density at radius 1 is 1.23 bits per heavy atom. The van der Waals surface area contributed by atoms with E-state index in [9.17, 15) is 4.79 Å². The van der Waals surface area contributed by atoms with Gasteiger partial charge in [0.05, 0.1) is 25.0 Å². The first-order chi connectivity index (χ1) is 15.0. The van der Waals surface area contributed by atoms with E-state index in [-0.39, 0.29) is 12.1 Å². The van der Waals surface area contributed by atoms with Crippen LogP contribution in [0.5, 0.6) is 0 Å². The minimum Gasteiger partial charge on any atom is -0.383 e. The number of hydrogen-bond acceptors (Lipinski definition) is 7. The van der Waals surface area contributed by atoms with Crippen molar-refractivity contribution >= 4 is 33.6 Å². The van der Waals surface area contributed by atoms with Gasteiger partial charge in [0.25, 0.3) is 5.56 Å². The number of nitrogen functional groups attached to an aromatic ring is 1. The molecule has 0 amide bonds. The Hall–Kier alpha value is -3.90. The van der Waals surface area contributed by atoms with Crippen molar-refractivity contribution in [1.29, 1.82) is 0 Å². The molecule has 158 valence electrons. The summed E-state index contributed by atoms with van der Waals surface area (Å²) in [7, 11) is 1.89. The molecule has 9 nitrogen and oxygen atoms in total. The van der Waals surface area contributed by atoms with E-state index in [4.69, 9.17) is 11.5 Å². The first-order valence-electron chi connectivity index (χ1n) is 9.94. The zero-order chi connectivity index (χ0) is 22.0. The number of anilines is 2. The van der Waals surface area contributed by atoms with Crippen molar-refractivity contribution in [2.75, 3.05) is 30.8 Å². The maximum Gasteiger partial charge on any atom is 0.293 e. The normalized spacial score (nSPS) is 10.9. The minimum absolute atomic E-state index is 0.197. The molecule has 4 rings (SSSR count). The van der Waals surface area contributed by atoms with Gasteiger partial charge >= 0.3 is 0 Å². The smallest absolute Gasteiger partial charge is 0.293 e. The zero-order valence-corrected chi connectivity index (χ0v) is 17.5. The highest BCUT2D eigenvalue weighted by Gasteiger charge is 2.18. The summed E-state index contributed by atoms with van der Waals surface area (Å²) in [6, 6.07) is 9.66. The monoisotopic (exact) mass is 416 g/mol. The summed E-state index contributed by atoms with van der Waals surface area (Å²) in [6.45, 7) is 3.37. The lowest BCUT2D eigenvalue weighted by atomic mass is 10.1. The third-order valence-electron chi connectivity index (χ3n) is 5.09. The van der Waals surface area contributed by atoms with Crippen molar-refractivity contribution in [2.24, 2.45) is 5.73 Å². The third kappa shape index (κ3) is 3.81. The van der Waals surface area contributed by atoms with Crippen molar-refractivity contribution < 1.29 is 0 Å².